The molecule has 2 bridgehead atoms. The number of carbonyl (C=O) groups excluding carboxylic acids is 1. The largest absolute Gasteiger partial charge is 0.347 e. The van der Waals surface area contributed by atoms with Crippen molar-refractivity contribution in [2.75, 3.05) is 12.3 Å². The zero-order valence-corrected chi connectivity index (χ0v) is 16.9. The summed E-state index contributed by atoms with van der Waals surface area (Å²) in [5.41, 5.74) is 0.248. The number of hydrogen-bond donors (Lipinski definition) is 1. The molecule has 0 spiro atoms. The summed E-state index contributed by atoms with van der Waals surface area (Å²) in [6.45, 7) is 5.29. The van der Waals surface area contributed by atoms with E-state index in [1.165, 1.54) is 5.39 Å². The minimum atomic E-state index is -3.48. The van der Waals surface area contributed by atoms with Crippen LogP contribution >= 0.6 is 0 Å². The first kappa shape index (κ1) is 18.7. The first-order valence-electron chi connectivity index (χ1n) is 9.80. The fourth-order valence-corrected chi connectivity index (χ4v) is 7.18. The minimum Gasteiger partial charge on any atom is -0.347 e. The van der Waals surface area contributed by atoms with Crippen LogP contribution in [0.3, 0.4) is 0 Å². The summed E-state index contributed by atoms with van der Waals surface area (Å²) >= 11 is 0. The van der Waals surface area contributed by atoms with Crippen LogP contribution in [0.1, 0.15) is 39.5 Å². The average Bonchev–Trinajstić information content (AvgIpc) is 3.18. The van der Waals surface area contributed by atoms with Crippen LogP contribution in [0.4, 0.5) is 0 Å². The predicted molar refractivity (Wildman–Crippen MR) is 107 cm³/mol. The molecule has 27 heavy (non-hydrogen) atoms. The minimum absolute atomic E-state index is 0.0607. The summed E-state index contributed by atoms with van der Waals surface area (Å²) in [7, 11) is -3.48. The van der Waals surface area contributed by atoms with E-state index in [2.05, 4.69) is 41.3 Å². The van der Waals surface area contributed by atoms with Crippen LogP contribution in [0.15, 0.2) is 36.5 Å². The lowest BCUT2D eigenvalue weighted by Crippen LogP contribution is -2.45. The molecule has 0 saturated heterocycles. The smallest absolute Gasteiger partial charge is 0.212 e. The van der Waals surface area contributed by atoms with Crippen molar-refractivity contribution in [1.82, 2.24) is 9.29 Å². The number of aromatic nitrogens is 1. The van der Waals surface area contributed by atoms with E-state index in [0.29, 0.717) is 31.7 Å². The summed E-state index contributed by atoms with van der Waals surface area (Å²) in [6, 6.07) is 10.2. The maximum absolute atomic E-state index is 12.7. The lowest BCUT2D eigenvalue weighted by Gasteiger charge is -2.36. The highest BCUT2D eigenvalue weighted by atomic mass is 32.2. The van der Waals surface area contributed by atoms with Crippen molar-refractivity contribution in [3.8, 4) is 0 Å². The average molecular weight is 389 g/mol. The van der Waals surface area contributed by atoms with Crippen LogP contribution in [-0.2, 0) is 21.4 Å². The quantitative estimate of drug-likeness (QED) is 0.740. The number of nitrogens with one attached hydrogen (secondary N) is 1. The Morgan fingerprint density at radius 1 is 1.22 bits per heavy atom. The number of sulfonamides is 1. The second-order valence-corrected chi connectivity index (χ2v) is 10.5. The Labute approximate surface area is 161 Å². The van der Waals surface area contributed by atoms with Gasteiger partial charge in [0.05, 0.1) is 5.75 Å². The third kappa shape index (κ3) is 3.03. The van der Waals surface area contributed by atoms with Gasteiger partial charge in [0.15, 0.2) is 0 Å². The van der Waals surface area contributed by atoms with E-state index in [0.717, 1.165) is 18.5 Å². The standard InChI is InChI=1S/C21H28N2O3S/c1-20(2)17-8-10-21(20,19(24)14-17)15-27(25,26)22-11-5-12-23-13-9-16-6-3-4-7-18(16)23/h3-4,6-7,9,13,17,22H,5,8,10-12,14-15H2,1-2H3/t17-,21-/m1/s1. The zero-order valence-electron chi connectivity index (χ0n) is 16.1. The van der Waals surface area contributed by atoms with E-state index in [-0.39, 0.29) is 17.0 Å². The molecule has 2 fully saturated rings. The maximum Gasteiger partial charge on any atom is 0.212 e. The molecule has 146 valence electrons. The Hall–Kier alpha value is -1.66. The van der Waals surface area contributed by atoms with Gasteiger partial charge in [0.1, 0.15) is 5.78 Å². The van der Waals surface area contributed by atoms with Gasteiger partial charge in [0.25, 0.3) is 0 Å². The Balaban J connectivity index is 1.36. The van der Waals surface area contributed by atoms with Crippen LogP contribution in [0.5, 0.6) is 0 Å². The summed E-state index contributed by atoms with van der Waals surface area (Å²) in [5.74, 6) is 0.421. The Bertz CT molecular complexity index is 976. The first-order valence-corrected chi connectivity index (χ1v) is 11.4. The third-order valence-electron chi connectivity index (χ3n) is 7.15. The zero-order chi connectivity index (χ0) is 19.3. The van der Waals surface area contributed by atoms with E-state index in [1.807, 2.05) is 18.3 Å². The number of fused-ring (bicyclic) bond motifs is 3. The molecule has 2 aliphatic rings. The van der Waals surface area contributed by atoms with Gasteiger partial charge in [-0.3, -0.25) is 4.79 Å². The van der Waals surface area contributed by atoms with E-state index >= 15 is 0 Å². The van der Waals surface area contributed by atoms with Crippen molar-refractivity contribution in [1.29, 1.82) is 0 Å². The molecular weight excluding hydrogens is 360 g/mol. The SMILES string of the molecule is CC1(C)[C@@H]2CC[C@@]1(CS(=O)(=O)NCCCn1ccc3ccccc31)C(=O)C2. The van der Waals surface area contributed by atoms with Crippen molar-refractivity contribution < 1.29 is 13.2 Å². The number of ketones is 1. The third-order valence-corrected chi connectivity index (χ3v) is 8.67. The molecule has 1 N–H and O–H groups in total. The van der Waals surface area contributed by atoms with Gasteiger partial charge in [0.2, 0.25) is 10.0 Å². The lowest BCUT2D eigenvalue weighted by atomic mass is 9.70. The number of benzene rings is 1. The molecule has 2 aliphatic carbocycles. The van der Waals surface area contributed by atoms with E-state index in [4.69, 9.17) is 0 Å². The van der Waals surface area contributed by atoms with Crippen LogP contribution in [0.25, 0.3) is 10.9 Å². The summed E-state index contributed by atoms with van der Waals surface area (Å²) in [5, 5.41) is 1.19. The van der Waals surface area contributed by atoms with Crippen LogP contribution < -0.4 is 4.72 Å². The molecule has 1 aromatic heterocycles. The summed E-state index contributed by atoms with van der Waals surface area (Å²) in [6.07, 6.45) is 4.97. The number of nitrogens with zero attached hydrogens (tertiary/aromatic N) is 1. The molecule has 5 nitrogen and oxygen atoms in total. The Morgan fingerprint density at radius 2 is 2.00 bits per heavy atom. The Kier molecular flexibility index (Phi) is 4.47. The summed E-state index contributed by atoms with van der Waals surface area (Å²) in [4.78, 5) is 12.6. The molecule has 2 saturated carbocycles. The van der Waals surface area contributed by atoms with Crippen molar-refractivity contribution in [2.24, 2.45) is 16.7 Å². The van der Waals surface area contributed by atoms with E-state index < -0.39 is 15.4 Å². The van der Waals surface area contributed by atoms with Crippen molar-refractivity contribution in [2.45, 2.75) is 46.1 Å². The molecule has 4 rings (SSSR count). The van der Waals surface area contributed by atoms with Gasteiger partial charge >= 0.3 is 0 Å². The van der Waals surface area contributed by atoms with Gasteiger partial charge in [-0.1, -0.05) is 32.0 Å². The van der Waals surface area contributed by atoms with Crippen LogP contribution in [0, 0.1) is 16.7 Å². The number of para-hydroxylation sites is 1. The normalized spacial score (nSPS) is 26.9. The topological polar surface area (TPSA) is 68.2 Å². The highest BCUT2D eigenvalue weighted by molar-refractivity contribution is 7.89. The lowest BCUT2D eigenvalue weighted by molar-refractivity contribution is -0.128. The molecule has 0 aliphatic heterocycles. The van der Waals surface area contributed by atoms with Crippen LogP contribution in [-0.4, -0.2) is 31.1 Å². The maximum atomic E-state index is 12.7. The molecule has 2 atom stereocenters. The second kappa shape index (κ2) is 6.45. The molecule has 0 amide bonds. The van der Waals surface area contributed by atoms with Gasteiger partial charge in [-0.2, -0.15) is 0 Å². The van der Waals surface area contributed by atoms with Crippen molar-refractivity contribution >= 4 is 26.7 Å². The molecule has 0 radical (unpaired) electrons. The first-order chi connectivity index (χ1) is 12.8. The van der Waals surface area contributed by atoms with E-state index in [1.54, 1.807) is 0 Å². The monoisotopic (exact) mass is 388 g/mol. The Morgan fingerprint density at radius 3 is 2.70 bits per heavy atom. The van der Waals surface area contributed by atoms with Gasteiger partial charge in [0, 0.05) is 36.6 Å². The highest BCUT2D eigenvalue weighted by Gasteiger charge is 2.65. The fraction of sp³-hybridized carbons (Fsp3) is 0.571. The molecule has 2 aromatic rings. The molecule has 0 unspecified atom stereocenters. The van der Waals surface area contributed by atoms with Gasteiger partial charge in [-0.15, -0.1) is 0 Å². The predicted octanol–water partition coefficient (Wildman–Crippen LogP) is 3.35. The molecular formula is C21H28N2O3S. The highest BCUT2D eigenvalue weighted by Crippen LogP contribution is 2.64. The van der Waals surface area contributed by atoms with Crippen LogP contribution in [0.2, 0.25) is 0 Å². The molecule has 1 aromatic carbocycles. The summed E-state index contributed by atoms with van der Waals surface area (Å²) < 4.78 is 30.3. The van der Waals surface area contributed by atoms with Gasteiger partial charge in [-0.25, -0.2) is 13.1 Å². The number of rotatable bonds is 7. The number of hydrogen-bond acceptors (Lipinski definition) is 3. The van der Waals surface area contributed by atoms with E-state index in [9.17, 15) is 13.2 Å². The van der Waals surface area contributed by atoms with Crippen molar-refractivity contribution in [3.05, 3.63) is 36.5 Å². The fourth-order valence-electron chi connectivity index (χ4n) is 5.30. The molecule has 1 heterocycles. The molecule has 6 heteroatoms. The van der Waals surface area contributed by atoms with Crippen molar-refractivity contribution in [3.63, 3.8) is 0 Å². The number of aryl methyl sites for hydroxylation is 1. The second-order valence-electron chi connectivity index (χ2n) is 8.74. The van der Waals surface area contributed by atoms with Gasteiger partial charge < -0.3 is 4.57 Å². The van der Waals surface area contributed by atoms with Gasteiger partial charge in [-0.05, 0) is 48.1 Å². The number of Topliss-reactive ketones (excluding diaryl/α,β-unsaturated/α-hetero) is 1. The number of carbonyl (C=O) groups is 1.